The molecular formula is C13H9F4N2O3S-. The number of nitrogens with one attached hydrogen (secondary N) is 1. The standard InChI is InChI=1S/C13H10F4N2O3S/c1-6-2-8(14)9(3-10(6)23-5-13(15,16)17)19-4-7(12(21)22)11(20)18-19/h2-4H,5H2,1H3,(H,18,20)(H,21,22)/p-1. The first-order valence-corrected chi connectivity index (χ1v) is 7.10. The zero-order chi connectivity index (χ0) is 17.4. The Kier molecular flexibility index (Phi) is 4.55. The summed E-state index contributed by atoms with van der Waals surface area (Å²) in [7, 11) is 0. The van der Waals surface area contributed by atoms with E-state index >= 15 is 0 Å². The molecule has 0 bridgehead atoms. The molecule has 1 aromatic carbocycles. The van der Waals surface area contributed by atoms with E-state index in [1.807, 2.05) is 0 Å². The molecule has 1 aromatic heterocycles. The highest BCUT2D eigenvalue weighted by Gasteiger charge is 2.27. The fourth-order valence-electron chi connectivity index (χ4n) is 1.81. The number of rotatable bonds is 4. The summed E-state index contributed by atoms with van der Waals surface area (Å²) >= 11 is 0.463. The molecule has 0 atom stereocenters. The van der Waals surface area contributed by atoms with Crippen LogP contribution in [0.25, 0.3) is 5.69 Å². The van der Waals surface area contributed by atoms with Crippen molar-refractivity contribution in [3.63, 3.8) is 0 Å². The topological polar surface area (TPSA) is 77.9 Å². The highest BCUT2D eigenvalue weighted by atomic mass is 32.2. The Morgan fingerprint density at radius 1 is 1.39 bits per heavy atom. The number of aromatic amines is 1. The van der Waals surface area contributed by atoms with Gasteiger partial charge in [-0.15, -0.1) is 11.8 Å². The molecule has 0 fully saturated rings. The summed E-state index contributed by atoms with van der Waals surface area (Å²) in [5.41, 5.74) is -1.70. The van der Waals surface area contributed by atoms with E-state index in [1.54, 1.807) is 0 Å². The van der Waals surface area contributed by atoms with Crippen LogP contribution >= 0.6 is 11.8 Å². The second-order valence-electron chi connectivity index (χ2n) is 4.61. The second-order valence-corrected chi connectivity index (χ2v) is 5.63. The van der Waals surface area contributed by atoms with Crippen molar-refractivity contribution in [2.24, 2.45) is 0 Å². The van der Waals surface area contributed by atoms with E-state index in [4.69, 9.17) is 0 Å². The number of aromatic nitrogens is 2. The molecule has 0 saturated heterocycles. The monoisotopic (exact) mass is 349 g/mol. The minimum absolute atomic E-state index is 0.156. The lowest BCUT2D eigenvalue weighted by Gasteiger charge is -2.12. The zero-order valence-corrected chi connectivity index (χ0v) is 12.3. The number of thioether (sulfide) groups is 1. The molecule has 0 unspecified atom stereocenters. The lowest BCUT2D eigenvalue weighted by Crippen LogP contribution is -2.27. The third kappa shape index (κ3) is 3.95. The van der Waals surface area contributed by atoms with Crippen LogP contribution in [0.15, 0.2) is 28.0 Å². The Balaban J connectivity index is 2.45. The molecule has 10 heteroatoms. The van der Waals surface area contributed by atoms with Gasteiger partial charge in [-0.2, -0.15) is 13.2 Å². The number of carboxylic acid groups (broad SMARTS) is 1. The van der Waals surface area contributed by atoms with Crippen LogP contribution < -0.4 is 10.7 Å². The fourth-order valence-corrected chi connectivity index (χ4v) is 2.61. The SMILES string of the molecule is Cc1cc(F)c(-n2cc(C(=O)[O-])c(=O)[nH]2)cc1SCC(F)(F)F. The van der Waals surface area contributed by atoms with Crippen LogP contribution in [-0.4, -0.2) is 27.7 Å². The molecule has 0 radical (unpaired) electrons. The van der Waals surface area contributed by atoms with Crippen LogP contribution in [0.2, 0.25) is 0 Å². The maximum Gasteiger partial charge on any atom is 0.398 e. The summed E-state index contributed by atoms with van der Waals surface area (Å²) in [5, 5.41) is 12.8. The van der Waals surface area contributed by atoms with Crippen molar-refractivity contribution in [2.45, 2.75) is 18.0 Å². The lowest BCUT2D eigenvalue weighted by atomic mass is 10.2. The van der Waals surface area contributed by atoms with Gasteiger partial charge in [0, 0.05) is 11.1 Å². The van der Waals surface area contributed by atoms with E-state index < -0.39 is 34.8 Å². The molecule has 0 aliphatic rings. The number of alkyl halides is 3. The minimum atomic E-state index is -4.39. The van der Waals surface area contributed by atoms with Crippen LogP contribution in [0, 0.1) is 12.7 Å². The van der Waals surface area contributed by atoms with E-state index in [1.165, 1.54) is 6.92 Å². The van der Waals surface area contributed by atoms with Crippen molar-refractivity contribution in [3.05, 3.63) is 45.6 Å². The third-order valence-electron chi connectivity index (χ3n) is 2.84. The molecular weight excluding hydrogens is 340 g/mol. The third-order valence-corrected chi connectivity index (χ3v) is 4.06. The number of nitrogens with zero attached hydrogens (tertiary/aromatic N) is 1. The second kappa shape index (κ2) is 6.11. The van der Waals surface area contributed by atoms with Crippen LogP contribution in [0.4, 0.5) is 17.6 Å². The van der Waals surface area contributed by atoms with E-state index in [-0.39, 0.29) is 16.1 Å². The summed E-state index contributed by atoms with van der Waals surface area (Å²) in [6.07, 6.45) is -3.58. The Morgan fingerprint density at radius 3 is 2.57 bits per heavy atom. The average Bonchev–Trinajstić information content (AvgIpc) is 2.78. The maximum atomic E-state index is 14.0. The Labute approximate surface area is 130 Å². The molecule has 1 N–H and O–H groups in total. The largest absolute Gasteiger partial charge is 0.545 e. The predicted molar refractivity (Wildman–Crippen MR) is 72.2 cm³/mol. The van der Waals surface area contributed by atoms with Gasteiger partial charge >= 0.3 is 6.18 Å². The van der Waals surface area contributed by atoms with Gasteiger partial charge in [0.15, 0.2) is 0 Å². The van der Waals surface area contributed by atoms with Crippen LogP contribution in [0.5, 0.6) is 0 Å². The van der Waals surface area contributed by atoms with Gasteiger partial charge in [0.2, 0.25) is 0 Å². The number of halogens is 4. The molecule has 124 valence electrons. The number of benzene rings is 1. The quantitative estimate of drug-likeness (QED) is 0.672. The van der Waals surface area contributed by atoms with Gasteiger partial charge in [0.1, 0.15) is 5.82 Å². The maximum absolute atomic E-state index is 14.0. The van der Waals surface area contributed by atoms with Gasteiger partial charge in [-0.05, 0) is 24.6 Å². The minimum Gasteiger partial charge on any atom is -0.545 e. The first kappa shape index (κ1) is 17.1. The molecule has 2 rings (SSSR count). The highest BCUT2D eigenvalue weighted by molar-refractivity contribution is 7.99. The molecule has 23 heavy (non-hydrogen) atoms. The Bertz CT molecular complexity index is 811. The van der Waals surface area contributed by atoms with E-state index in [0.29, 0.717) is 11.8 Å². The molecule has 0 aliphatic carbocycles. The number of aromatic carboxylic acids is 1. The summed E-state index contributed by atoms with van der Waals surface area (Å²) < 4.78 is 51.7. The van der Waals surface area contributed by atoms with Gasteiger partial charge in [-0.3, -0.25) is 14.6 Å². The predicted octanol–water partition coefficient (Wildman–Crippen LogP) is 1.63. The molecule has 0 amide bonds. The van der Waals surface area contributed by atoms with E-state index in [9.17, 15) is 32.3 Å². The van der Waals surface area contributed by atoms with Gasteiger partial charge < -0.3 is 9.90 Å². The number of hydrogen-bond donors (Lipinski definition) is 1. The van der Waals surface area contributed by atoms with Crippen LogP contribution in [0.1, 0.15) is 15.9 Å². The lowest BCUT2D eigenvalue weighted by molar-refractivity contribution is -0.255. The summed E-state index contributed by atoms with van der Waals surface area (Å²) in [6, 6.07) is 2.11. The molecule has 2 aromatic rings. The first-order valence-electron chi connectivity index (χ1n) is 6.11. The van der Waals surface area contributed by atoms with Gasteiger partial charge in [0.05, 0.1) is 23.0 Å². The summed E-state index contributed by atoms with van der Waals surface area (Å²) in [6.45, 7) is 1.44. The van der Waals surface area contributed by atoms with Crippen LogP contribution in [0.3, 0.4) is 0 Å². The van der Waals surface area contributed by atoms with Crippen molar-refractivity contribution in [2.75, 3.05) is 5.75 Å². The number of carbonyl (C=O) groups excluding carboxylic acids is 1. The first-order chi connectivity index (χ1) is 10.6. The molecule has 0 saturated carbocycles. The summed E-state index contributed by atoms with van der Waals surface area (Å²) in [4.78, 5) is 22.3. The highest BCUT2D eigenvalue weighted by Crippen LogP contribution is 2.31. The molecule has 0 spiro atoms. The molecule has 5 nitrogen and oxygen atoms in total. The van der Waals surface area contributed by atoms with E-state index in [0.717, 1.165) is 23.0 Å². The zero-order valence-electron chi connectivity index (χ0n) is 11.5. The smallest absolute Gasteiger partial charge is 0.398 e. The molecule has 0 aliphatic heterocycles. The van der Waals surface area contributed by atoms with Gasteiger partial charge in [0.25, 0.3) is 5.56 Å². The van der Waals surface area contributed by atoms with Crippen molar-refractivity contribution in [1.82, 2.24) is 9.78 Å². The van der Waals surface area contributed by atoms with Gasteiger partial charge in [-0.25, -0.2) is 4.39 Å². The number of aryl methyl sites for hydroxylation is 1. The number of carbonyl (C=O) groups is 1. The van der Waals surface area contributed by atoms with Crippen molar-refractivity contribution >= 4 is 17.7 Å². The molecule has 1 heterocycles. The number of carboxylic acids is 1. The van der Waals surface area contributed by atoms with Crippen LogP contribution in [-0.2, 0) is 0 Å². The Hall–Kier alpha value is -2.23. The fraction of sp³-hybridized carbons (Fsp3) is 0.231. The average molecular weight is 349 g/mol. The summed E-state index contributed by atoms with van der Waals surface area (Å²) in [5.74, 6) is -3.73. The normalized spacial score (nSPS) is 11.7. The van der Waals surface area contributed by atoms with Crippen molar-refractivity contribution in [3.8, 4) is 5.69 Å². The van der Waals surface area contributed by atoms with Crippen molar-refractivity contribution < 1.29 is 27.5 Å². The van der Waals surface area contributed by atoms with E-state index in [2.05, 4.69) is 5.10 Å². The number of hydrogen-bond acceptors (Lipinski definition) is 4. The van der Waals surface area contributed by atoms with Gasteiger partial charge in [-0.1, -0.05) is 0 Å². The van der Waals surface area contributed by atoms with Crippen molar-refractivity contribution in [1.29, 1.82) is 0 Å². The Morgan fingerprint density at radius 2 is 2.04 bits per heavy atom. The number of H-pyrrole nitrogens is 1.